The van der Waals surface area contributed by atoms with Crippen molar-refractivity contribution in [3.05, 3.63) is 42.0 Å². The van der Waals surface area contributed by atoms with Crippen LogP contribution < -0.4 is 4.74 Å². The molecule has 156 valence electrons. The fourth-order valence-electron chi connectivity index (χ4n) is 2.38. The molecular weight excluding hydrogens is 356 g/mol. The summed E-state index contributed by atoms with van der Waals surface area (Å²) in [6.07, 6.45) is 2.66. The maximum atomic E-state index is 12.7. The van der Waals surface area contributed by atoms with Crippen molar-refractivity contribution >= 4 is 12.0 Å². The van der Waals surface area contributed by atoms with Crippen LogP contribution in [0, 0.1) is 6.92 Å². The number of benzene rings is 1. The maximum Gasteiger partial charge on any atom is 0.410 e. The second-order valence-corrected chi connectivity index (χ2v) is 8.67. The summed E-state index contributed by atoms with van der Waals surface area (Å²) in [4.78, 5) is 27.4. The molecule has 0 heterocycles. The van der Waals surface area contributed by atoms with Crippen molar-refractivity contribution in [2.75, 3.05) is 27.2 Å². The van der Waals surface area contributed by atoms with Gasteiger partial charge in [0.25, 0.3) is 0 Å². The van der Waals surface area contributed by atoms with Gasteiger partial charge in [-0.3, -0.25) is 4.79 Å². The minimum Gasteiger partial charge on any atom is -0.486 e. The van der Waals surface area contributed by atoms with E-state index in [1.54, 1.807) is 25.1 Å². The Morgan fingerprint density at radius 2 is 1.61 bits per heavy atom. The Morgan fingerprint density at radius 1 is 1.04 bits per heavy atom. The summed E-state index contributed by atoms with van der Waals surface area (Å²) in [6, 6.07) is 7.77. The fraction of sp³-hybridized carbons (Fsp3) is 0.545. The molecule has 6 nitrogen and oxygen atoms in total. The summed E-state index contributed by atoms with van der Waals surface area (Å²) in [5.74, 6) is 0.595. The van der Waals surface area contributed by atoms with Crippen LogP contribution in [0.5, 0.6) is 5.75 Å². The van der Waals surface area contributed by atoms with E-state index < -0.39 is 17.3 Å². The van der Waals surface area contributed by atoms with E-state index in [0.29, 0.717) is 6.54 Å². The van der Waals surface area contributed by atoms with E-state index >= 15 is 0 Å². The van der Waals surface area contributed by atoms with E-state index in [1.165, 1.54) is 11.0 Å². The molecule has 0 radical (unpaired) electrons. The minimum atomic E-state index is -0.647. The Labute approximate surface area is 169 Å². The molecule has 0 bridgehead atoms. The fourth-order valence-corrected chi connectivity index (χ4v) is 2.38. The minimum absolute atomic E-state index is 0.140. The molecule has 1 rings (SSSR count). The van der Waals surface area contributed by atoms with E-state index in [9.17, 15) is 9.59 Å². The lowest BCUT2D eigenvalue weighted by Crippen LogP contribution is -2.47. The standard InChI is InChI=1S/C22H34N2O4/c1-17-11-13-18(14-12-17)27-22(5,6)16-24(20(26)28-21(2,3)4)15-9-10-19(25)23(7)8/h9-14H,15-16H2,1-8H3/b10-9+. The Kier molecular flexibility index (Phi) is 8.09. The SMILES string of the molecule is Cc1ccc(OC(C)(C)CN(C/C=C/C(=O)N(C)C)C(=O)OC(C)(C)C)cc1. The molecule has 6 heteroatoms. The number of carbonyl (C=O) groups is 2. The number of aryl methyl sites for hydroxylation is 1. The van der Waals surface area contributed by atoms with Crippen molar-refractivity contribution in [2.45, 2.75) is 52.7 Å². The lowest BCUT2D eigenvalue weighted by Gasteiger charge is -2.34. The van der Waals surface area contributed by atoms with Gasteiger partial charge >= 0.3 is 6.09 Å². The van der Waals surface area contributed by atoms with Crippen molar-refractivity contribution < 1.29 is 19.1 Å². The van der Waals surface area contributed by atoms with Gasteiger partial charge in [0, 0.05) is 26.7 Å². The molecule has 0 fully saturated rings. The number of hydrogen-bond acceptors (Lipinski definition) is 4. The predicted octanol–water partition coefficient (Wildman–Crippen LogP) is 4.03. The number of carbonyl (C=O) groups excluding carboxylic acids is 2. The Hall–Kier alpha value is -2.50. The highest BCUT2D eigenvalue weighted by Crippen LogP contribution is 2.21. The average Bonchev–Trinajstić information content (AvgIpc) is 2.53. The van der Waals surface area contributed by atoms with E-state index in [0.717, 1.165) is 11.3 Å². The molecule has 0 aliphatic carbocycles. The van der Waals surface area contributed by atoms with E-state index in [4.69, 9.17) is 9.47 Å². The van der Waals surface area contributed by atoms with E-state index in [1.807, 2.05) is 65.8 Å². The van der Waals surface area contributed by atoms with Crippen molar-refractivity contribution in [1.29, 1.82) is 0 Å². The maximum absolute atomic E-state index is 12.7. The normalized spacial score (nSPS) is 12.0. The van der Waals surface area contributed by atoms with E-state index in [2.05, 4.69) is 0 Å². The summed E-state index contributed by atoms with van der Waals surface area (Å²) < 4.78 is 11.6. The van der Waals surface area contributed by atoms with Crippen molar-refractivity contribution in [1.82, 2.24) is 9.80 Å². The Balaban J connectivity index is 2.90. The molecule has 2 amide bonds. The van der Waals surface area contributed by atoms with Gasteiger partial charge in [-0.15, -0.1) is 0 Å². The molecule has 28 heavy (non-hydrogen) atoms. The lowest BCUT2D eigenvalue weighted by molar-refractivity contribution is -0.123. The van der Waals surface area contributed by atoms with Crippen LogP contribution in [0.15, 0.2) is 36.4 Å². The van der Waals surface area contributed by atoms with Crippen molar-refractivity contribution in [3.63, 3.8) is 0 Å². The number of amides is 2. The van der Waals surface area contributed by atoms with Crippen LogP contribution in [0.3, 0.4) is 0 Å². The first-order valence-electron chi connectivity index (χ1n) is 9.40. The predicted molar refractivity (Wildman–Crippen MR) is 112 cm³/mol. The zero-order valence-electron chi connectivity index (χ0n) is 18.4. The molecular formula is C22H34N2O4. The topological polar surface area (TPSA) is 59.1 Å². The zero-order valence-corrected chi connectivity index (χ0v) is 18.4. The quantitative estimate of drug-likeness (QED) is 0.660. The van der Waals surface area contributed by atoms with Crippen molar-refractivity contribution in [3.8, 4) is 5.75 Å². The third-order valence-electron chi connectivity index (χ3n) is 3.67. The molecule has 0 N–H and O–H groups in total. The van der Waals surface area contributed by atoms with Gasteiger partial charge in [-0.05, 0) is 53.7 Å². The first-order chi connectivity index (χ1) is 12.8. The van der Waals surface area contributed by atoms with Gasteiger partial charge < -0.3 is 19.3 Å². The van der Waals surface area contributed by atoms with Gasteiger partial charge in [-0.1, -0.05) is 23.8 Å². The van der Waals surface area contributed by atoms with E-state index in [-0.39, 0.29) is 12.5 Å². The molecule has 0 unspecified atom stereocenters. The van der Waals surface area contributed by atoms with Crippen LogP contribution in [-0.4, -0.2) is 60.2 Å². The van der Waals surface area contributed by atoms with Gasteiger partial charge in [-0.2, -0.15) is 0 Å². The van der Waals surface area contributed by atoms with Gasteiger partial charge in [0.15, 0.2) is 0 Å². The van der Waals surface area contributed by atoms with Crippen LogP contribution in [0.4, 0.5) is 4.79 Å². The van der Waals surface area contributed by atoms with Gasteiger partial charge in [-0.25, -0.2) is 4.79 Å². The van der Waals surface area contributed by atoms with Gasteiger partial charge in [0.2, 0.25) is 5.91 Å². The molecule has 0 aliphatic rings. The smallest absolute Gasteiger partial charge is 0.410 e. The molecule has 1 aromatic carbocycles. The number of rotatable bonds is 7. The zero-order chi connectivity index (χ0) is 21.5. The molecule has 0 aliphatic heterocycles. The number of ether oxygens (including phenoxy) is 2. The Bertz CT molecular complexity index is 685. The molecule has 0 aromatic heterocycles. The summed E-state index contributed by atoms with van der Waals surface area (Å²) >= 11 is 0. The van der Waals surface area contributed by atoms with Crippen LogP contribution in [-0.2, 0) is 9.53 Å². The summed E-state index contributed by atoms with van der Waals surface area (Å²) in [5.41, 5.74) is -0.109. The second kappa shape index (κ2) is 9.62. The highest BCUT2D eigenvalue weighted by Gasteiger charge is 2.29. The first-order valence-corrected chi connectivity index (χ1v) is 9.40. The number of nitrogens with zero attached hydrogens (tertiary/aromatic N) is 2. The third-order valence-corrected chi connectivity index (χ3v) is 3.67. The summed E-state index contributed by atoms with van der Waals surface area (Å²) in [7, 11) is 3.35. The summed E-state index contributed by atoms with van der Waals surface area (Å²) in [6.45, 7) is 11.9. The molecule has 0 saturated heterocycles. The highest BCUT2D eigenvalue weighted by atomic mass is 16.6. The molecule has 0 spiro atoms. The molecule has 0 saturated carbocycles. The summed E-state index contributed by atoms with van der Waals surface area (Å²) in [5, 5.41) is 0. The molecule has 1 aromatic rings. The second-order valence-electron chi connectivity index (χ2n) is 8.67. The Morgan fingerprint density at radius 3 is 2.11 bits per heavy atom. The van der Waals surface area contributed by atoms with Crippen LogP contribution >= 0.6 is 0 Å². The van der Waals surface area contributed by atoms with Crippen LogP contribution in [0.1, 0.15) is 40.2 Å². The monoisotopic (exact) mass is 390 g/mol. The van der Waals surface area contributed by atoms with Gasteiger partial charge in [0.05, 0.1) is 6.54 Å². The first kappa shape index (κ1) is 23.5. The van der Waals surface area contributed by atoms with Crippen molar-refractivity contribution in [2.24, 2.45) is 0 Å². The number of hydrogen-bond donors (Lipinski definition) is 0. The highest BCUT2D eigenvalue weighted by molar-refractivity contribution is 5.87. The van der Waals surface area contributed by atoms with Crippen LogP contribution in [0.25, 0.3) is 0 Å². The molecule has 0 atom stereocenters. The average molecular weight is 391 g/mol. The largest absolute Gasteiger partial charge is 0.486 e. The lowest BCUT2D eigenvalue weighted by atomic mass is 10.1. The van der Waals surface area contributed by atoms with Crippen LogP contribution in [0.2, 0.25) is 0 Å². The number of likely N-dealkylation sites (N-methyl/N-ethyl adjacent to an activating group) is 1. The third kappa shape index (κ3) is 8.93. The van der Waals surface area contributed by atoms with Gasteiger partial charge in [0.1, 0.15) is 17.0 Å².